The van der Waals surface area contributed by atoms with Gasteiger partial charge in [-0.2, -0.15) is 0 Å². The van der Waals surface area contributed by atoms with E-state index in [1.165, 1.54) is 7.11 Å². The lowest BCUT2D eigenvalue weighted by atomic mass is 10.0. The molecule has 0 saturated carbocycles. The van der Waals surface area contributed by atoms with Crippen LogP contribution in [-0.2, 0) is 0 Å². The number of ether oxygens (including phenoxy) is 1. The van der Waals surface area contributed by atoms with Crippen molar-refractivity contribution >= 4 is 11.7 Å². The molecule has 1 aliphatic rings. The van der Waals surface area contributed by atoms with Gasteiger partial charge in [0.1, 0.15) is 0 Å². The van der Waals surface area contributed by atoms with Crippen molar-refractivity contribution in [1.82, 2.24) is 9.80 Å². The van der Waals surface area contributed by atoms with E-state index in [0.717, 1.165) is 31.6 Å². The number of amides is 2. The molecule has 116 valence electrons. The lowest BCUT2D eigenvalue weighted by Gasteiger charge is -2.34. The molecule has 6 nitrogen and oxygen atoms in total. The van der Waals surface area contributed by atoms with Crippen molar-refractivity contribution in [2.45, 2.75) is 18.9 Å². The summed E-state index contributed by atoms with van der Waals surface area (Å²) in [6.07, 6.45) is 1.79. The van der Waals surface area contributed by atoms with Crippen molar-refractivity contribution in [3.63, 3.8) is 0 Å². The third-order valence-corrected chi connectivity index (χ3v) is 3.70. The number of nitrogens with one attached hydrogen (secondary N) is 1. The molecule has 0 unspecified atom stereocenters. The first kappa shape index (κ1) is 15.3. The first-order chi connectivity index (χ1) is 10.0. The first-order valence-electron chi connectivity index (χ1n) is 7.11. The number of rotatable bonds is 3. The lowest BCUT2D eigenvalue weighted by molar-refractivity contribution is 0.158. The summed E-state index contributed by atoms with van der Waals surface area (Å²) >= 11 is 0. The van der Waals surface area contributed by atoms with Gasteiger partial charge in [-0.05, 0) is 25.0 Å². The molecule has 1 fully saturated rings. The van der Waals surface area contributed by atoms with Crippen LogP contribution in [0.25, 0.3) is 0 Å². The molecule has 2 amide bonds. The molecule has 21 heavy (non-hydrogen) atoms. The summed E-state index contributed by atoms with van der Waals surface area (Å²) < 4.78 is 5.03. The summed E-state index contributed by atoms with van der Waals surface area (Å²) in [6, 6.07) is 5.66. The number of nitrogens with zero attached hydrogens (tertiary/aromatic N) is 2. The third kappa shape index (κ3) is 3.71. The number of benzene rings is 1. The fourth-order valence-electron chi connectivity index (χ4n) is 2.51. The molecule has 1 aliphatic heterocycles. The molecule has 0 spiro atoms. The van der Waals surface area contributed by atoms with Gasteiger partial charge in [-0.3, -0.25) is 0 Å². The fourth-order valence-corrected chi connectivity index (χ4v) is 2.51. The maximum Gasteiger partial charge on any atom is 0.319 e. The number of anilines is 1. The van der Waals surface area contributed by atoms with E-state index in [1.54, 1.807) is 31.1 Å². The van der Waals surface area contributed by atoms with Gasteiger partial charge in [0.25, 0.3) is 0 Å². The molecule has 1 aromatic rings. The van der Waals surface area contributed by atoms with Crippen LogP contribution in [0.1, 0.15) is 12.8 Å². The summed E-state index contributed by atoms with van der Waals surface area (Å²) in [5.41, 5.74) is 0.866. The van der Waals surface area contributed by atoms with Crippen molar-refractivity contribution in [2.75, 3.05) is 39.6 Å². The van der Waals surface area contributed by atoms with E-state index in [4.69, 9.17) is 4.74 Å². The third-order valence-electron chi connectivity index (χ3n) is 3.70. The average Bonchev–Trinajstić information content (AvgIpc) is 2.47. The second kappa shape index (κ2) is 6.56. The molecule has 0 aromatic heterocycles. The van der Waals surface area contributed by atoms with Crippen molar-refractivity contribution in [3.05, 3.63) is 18.2 Å². The number of aromatic hydroxyl groups is 1. The first-order valence-corrected chi connectivity index (χ1v) is 7.11. The Morgan fingerprint density at radius 3 is 2.57 bits per heavy atom. The summed E-state index contributed by atoms with van der Waals surface area (Å²) in [7, 11) is 5.07. The SMILES string of the molecule is COc1ccc(NC2CCN(C(=O)N(C)C)CC2)cc1O. The van der Waals surface area contributed by atoms with Gasteiger partial charge in [0.15, 0.2) is 11.5 Å². The number of likely N-dealkylation sites (tertiary alicyclic amines) is 1. The second-order valence-electron chi connectivity index (χ2n) is 5.47. The highest BCUT2D eigenvalue weighted by molar-refractivity contribution is 5.73. The highest BCUT2D eigenvalue weighted by atomic mass is 16.5. The Bertz CT molecular complexity index is 497. The maximum atomic E-state index is 11.9. The fraction of sp³-hybridized carbons (Fsp3) is 0.533. The Morgan fingerprint density at radius 1 is 1.38 bits per heavy atom. The van der Waals surface area contributed by atoms with Crippen LogP contribution >= 0.6 is 0 Å². The number of hydrogen-bond donors (Lipinski definition) is 2. The molecule has 2 rings (SSSR count). The standard InChI is InChI=1S/C15H23N3O3/c1-17(2)15(20)18-8-6-11(7-9-18)16-12-4-5-14(21-3)13(19)10-12/h4-5,10-11,16,19H,6-9H2,1-3H3. The maximum absolute atomic E-state index is 11.9. The molecular formula is C15H23N3O3. The molecule has 0 radical (unpaired) electrons. The Labute approximate surface area is 125 Å². The monoisotopic (exact) mass is 293 g/mol. The Kier molecular flexibility index (Phi) is 4.77. The van der Waals surface area contributed by atoms with Crippen LogP contribution in [0.4, 0.5) is 10.5 Å². The number of hydrogen-bond acceptors (Lipinski definition) is 4. The number of methoxy groups -OCH3 is 1. The predicted molar refractivity (Wildman–Crippen MR) is 82.0 cm³/mol. The van der Waals surface area contributed by atoms with Gasteiger partial charge in [-0.25, -0.2) is 4.79 Å². The highest BCUT2D eigenvalue weighted by Crippen LogP contribution is 2.29. The zero-order chi connectivity index (χ0) is 15.4. The highest BCUT2D eigenvalue weighted by Gasteiger charge is 2.23. The van der Waals surface area contributed by atoms with Crippen molar-refractivity contribution in [3.8, 4) is 11.5 Å². The molecule has 0 atom stereocenters. The minimum Gasteiger partial charge on any atom is -0.504 e. The largest absolute Gasteiger partial charge is 0.504 e. The number of carbonyl (C=O) groups is 1. The van der Waals surface area contributed by atoms with Gasteiger partial charge in [0, 0.05) is 45.0 Å². The lowest BCUT2D eigenvalue weighted by Crippen LogP contribution is -2.46. The van der Waals surface area contributed by atoms with Crippen LogP contribution in [0.15, 0.2) is 18.2 Å². The number of carbonyl (C=O) groups excluding carboxylic acids is 1. The van der Waals surface area contributed by atoms with Crippen molar-refractivity contribution in [1.29, 1.82) is 0 Å². The quantitative estimate of drug-likeness (QED) is 0.894. The van der Waals surface area contributed by atoms with E-state index >= 15 is 0 Å². The van der Waals surface area contributed by atoms with Crippen molar-refractivity contribution in [2.24, 2.45) is 0 Å². The van der Waals surface area contributed by atoms with Gasteiger partial charge in [0.2, 0.25) is 0 Å². The van der Waals surface area contributed by atoms with Crippen molar-refractivity contribution < 1.29 is 14.6 Å². The topological polar surface area (TPSA) is 65.0 Å². The molecule has 2 N–H and O–H groups in total. The van der Waals surface area contributed by atoms with Gasteiger partial charge < -0.3 is 25.0 Å². The zero-order valence-electron chi connectivity index (χ0n) is 12.8. The number of piperidine rings is 1. The number of urea groups is 1. The van der Waals surface area contributed by atoms with E-state index in [2.05, 4.69) is 5.32 Å². The summed E-state index contributed by atoms with van der Waals surface area (Å²) in [5.74, 6) is 0.592. The van der Waals surface area contributed by atoms with E-state index in [0.29, 0.717) is 11.8 Å². The van der Waals surface area contributed by atoms with Gasteiger partial charge in [-0.15, -0.1) is 0 Å². The van der Waals surface area contributed by atoms with Gasteiger partial charge in [-0.1, -0.05) is 0 Å². The van der Waals surface area contributed by atoms with Crippen LogP contribution in [0, 0.1) is 0 Å². The minimum absolute atomic E-state index is 0.0653. The molecule has 0 aliphatic carbocycles. The molecule has 0 bridgehead atoms. The predicted octanol–water partition coefficient (Wildman–Crippen LogP) is 1.96. The van der Waals surface area contributed by atoms with Crippen LogP contribution in [-0.4, -0.2) is 61.3 Å². The Morgan fingerprint density at radius 2 is 2.05 bits per heavy atom. The molecule has 6 heteroatoms. The molecular weight excluding hydrogens is 270 g/mol. The smallest absolute Gasteiger partial charge is 0.319 e. The Hall–Kier alpha value is -2.11. The van der Waals surface area contributed by atoms with E-state index in [9.17, 15) is 9.90 Å². The van der Waals surface area contributed by atoms with Crippen LogP contribution in [0.3, 0.4) is 0 Å². The Balaban J connectivity index is 1.89. The minimum atomic E-state index is 0.0653. The van der Waals surface area contributed by atoms with Gasteiger partial charge in [0.05, 0.1) is 7.11 Å². The van der Waals surface area contributed by atoms with E-state index in [-0.39, 0.29) is 11.8 Å². The molecule has 1 aromatic carbocycles. The zero-order valence-corrected chi connectivity index (χ0v) is 12.8. The molecule has 1 saturated heterocycles. The summed E-state index contributed by atoms with van der Waals surface area (Å²) in [4.78, 5) is 15.3. The number of phenols is 1. The van der Waals surface area contributed by atoms with E-state index < -0.39 is 0 Å². The summed E-state index contributed by atoms with van der Waals surface area (Å²) in [6.45, 7) is 1.49. The number of phenolic OH excluding ortho intramolecular Hbond substituents is 1. The second-order valence-corrected chi connectivity index (χ2v) is 5.47. The van der Waals surface area contributed by atoms with Crippen LogP contribution in [0.2, 0.25) is 0 Å². The van der Waals surface area contributed by atoms with Crippen LogP contribution in [0.5, 0.6) is 11.5 Å². The normalized spacial score (nSPS) is 15.7. The molecule has 1 heterocycles. The summed E-state index contributed by atoms with van der Waals surface area (Å²) in [5, 5.41) is 13.2. The van der Waals surface area contributed by atoms with Gasteiger partial charge >= 0.3 is 6.03 Å². The average molecular weight is 293 g/mol. The van der Waals surface area contributed by atoms with E-state index in [1.807, 2.05) is 11.0 Å². The van der Waals surface area contributed by atoms with Crippen LogP contribution < -0.4 is 10.1 Å².